The van der Waals surface area contributed by atoms with Gasteiger partial charge in [-0.1, -0.05) is 30.9 Å². The number of nitrogens with one attached hydrogen (secondary N) is 2. The lowest BCUT2D eigenvalue weighted by atomic mass is 9.95. The van der Waals surface area contributed by atoms with Crippen molar-refractivity contribution in [1.29, 1.82) is 0 Å². The zero-order chi connectivity index (χ0) is 16.8. The van der Waals surface area contributed by atoms with Gasteiger partial charge in [-0.25, -0.2) is 0 Å². The van der Waals surface area contributed by atoms with Crippen molar-refractivity contribution in [3.05, 3.63) is 28.8 Å². The molecule has 0 aliphatic heterocycles. The summed E-state index contributed by atoms with van der Waals surface area (Å²) < 4.78 is 0. The molecule has 1 aliphatic carbocycles. The van der Waals surface area contributed by atoms with Gasteiger partial charge in [0, 0.05) is 31.2 Å². The van der Waals surface area contributed by atoms with E-state index in [9.17, 15) is 14.7 Å². The van der Waals surface area contributed by atoms with Crippen LogP contribution in [0.15, 0.2) is 18.2 Å². The van der Waals surface area contributed by atoms with Crippen LogP contribution in [0.25, 0.3) is 0 Å². The number of aliphatic hydroxyl groups excluding tert-OH is 1. The average Bonchev–Trinajstić information content (AvgIpc) is 2.73. The van der Waals surface area contributed by atoms with Gasteiger partial charge in [0.25, 0.3) is 5.91 Å². The van der Waals surface area contributed by atoms with Gasteiger partial charge < -0.3 is 15.7 Å². The van der Waals surface area contributed by atoms with E-state index in [4.69, 9.17) is 11.6 Å². The minimum absolute atomic E-state index is 0.0458. The van der Waals surface area contributed by atoms with Gasteiger partial charge >= 0.3 is 0 Å². The number of hydrogen-bond acceptors (Lipinski definition) is 3. The molecule has 1 aliphatic rings. The molecule has 0 saturated heterocycles. The normalized spacial score (nSPS) is 21.3. The highest BCUT2D eigenvalue weighted by Gasteiger charge is 2.25. The third kappa shape index (κ3) is 4.94. The van der Waals surface area contributed by atoms with Crippen LogP contribution in [0.4, 0.5) is 5.69 Å². The summed E-state index contributed by atoms with van der Waals surface area (Å²) in [7, 11) is 0. The molecule has 23 heavy (non-hydrogen) atoms. The molecule has 2 atom stereocenters. The summed E-state index contributed by atoms with van der Waals surface area (Å²) >= 11 is 6.12. The smallest absolute Gasteiger partial charge is 0.253 e. The molecule has 0 aromatic heterocycles. The summed E-state index contributed by atoms with van der Waals surface area (Å²) in [5.41, 5.74) is 0.866. The van der Waals surface area contributed by atoms with Gasteiger partial charge in [0.05, 0.1) is 10.6 Å². The van der Waals surface area contributed by atoms with Gasteiger partial charge in [0.1, 0.15) is 0 Å². The Morgan fingerprint density at radius 1 is 1.26 bits per heavy atom. The first-order chi connectivity index (χ1) is 11.0. The standard InChI is InChI=1S/C17H23ClN2O3/c1-11(22)19-13-7-8-15(18)14(9-13)17(23)20-16-6-4-2-3-5-12(16)10-21/h7-9,12,16,21H,2-6,10H2,1H3,(H,19,22)(H,20,23). The van der Waals surface area contributed by atoms with Gasteiger partial charge in [-0.3, -0.25) is 9.59 Å². The molecule has 2 amide bonds. The molecular weight excluding hydrogens is 316 g/mol. The average molecular weight is 339 g/mol. The Balaban J connectivity index is 2.14. The summed E-state index contributed by atoms with van der Waals surface area (Å²) in [5.74, 6) is -0.394. The summed E-state index contributed by atoms with van der Waals surface area (Å²) in [5, 5.41) is 15.5. The van der Waals surface area contributed by atoms with E-state index in [1.807, 2.05) is 0 Å². The Kier molecular flexibility index (Phi) is 6.42. The molecule has 126 valence electrons. The van der Waals surface area contributed by atoms with E-state index in [2.05, 4.69) is 10.6 Å². The van der Waals surface area contributed by atoms with Crippen molar-refractivity contribution in [2.24, 2.45) is 5.92 Å². The van der Waals surface area contributed by atoms with Crippen molar-refractivity contribution in [2.45, 2.75) is 45.1 Å². The molecule has 1 aromatic rings. The van der Waals surface area contributed by atoms with E-state index in [0.29, 0.717) is 16.3 Å². The largest absolute Gasteiger partial charge is 0.396 e. The lowest BCUT2D eigenvalue weighted by Gasteiger charge is -2.24. The van der Waals surface area contributed by atoms with Crippen LogP contribution in [0.5, 0.6) is 0 Å². The number of amides is 2. The van der Waals surface area contributed by atoms with E-state index in [-0.39, 0.29) is 30.4 Å². The number of anilines is 1. The van der Waals surface area contributed by atoms with Gasteiger partial charge in [0.2, 0.25) is 5.91 Å². The van der Waals surface area contributed by atoms with E-state index in [0.717, 1.165) is 32.1 Å². The maximum atomic E-state index is 12.6. The first-order valence-electron chi connectivity index (χ1n) is 8.00. The number of hydrogen-bond donors (Lipinski definition) is 3. The maximum Gasteiger partial charge on any atom is 0.253 e. The molecular formula is C17H23ClN2O3. The molecule has 3 N–H and O–H groups in total. The van der Waals surface area contributed by atoms with Crippen LogP contribution in [0.3, 0.4) is 0 Å². The second kappa shape index (κ2) is 8.31. The van der Waals surface area contributed by atoms with Crippen molar-refractivity contribution < 1.29 is 14.7 Å². The predicted molar refractivity (Wildman–Crippen MR) is 90.7 cm³/mol. The highest BCUT2D eigenvalue weighted by molar-refractivity contribution is 6.34. The van der Waals surface area contributed by atoms with Gasteiger partial charge in [-0.15, -0.1) is 0 Å². The molecule has 2 rings (SSSR count). The molecule has 1 saturated carbocycles. The van der Waals surface area contributed by atoms with Crippen molar-refractivity contribution >= 4 is 29.1 Å². The molecule has 0 bridgehead atoms. The van der Waals surface area contributed by atoms with Crippen LogP contribution < -0.4 is 10.6 Å². The molecule has 5 nitrogen and oxygen atoms in total. The van der Waals surface area contributed by atoms with E-state index >= 15 is 0 Å². The van der Waals surface area contributed by atoms with Crippen molar-refractivity contribution in [1.82, 2.24) is 5.32 Å². The number of benzene rings is 1. The number of aliphatic hydroxyl groups is 1. The molecule has 6 heteroatoms. The molecule has 1 fully saturated rings. The fraction of sp³-hybridized carbons (Fsp3) is 0.529. The molecule has 0 heterocycles. The Morgan fingerprint density at radius 2 is 2.00 bits per heavy atom. The molecule has 0 spiro atoms. The maximum absolute atomic E-state index is 12.6. The molecule has 0 radical (unpaired) electrons. The number of halogens is 1. The lowest BCUT2D eigenvalue weighted by molar-refractivity contribution is -0.114. The van der Waals surface area contributed by atoms with Gasteiger partial charge in [-0.05, 0) is 31.0 Å². The van der Waals surface area contributed by atoms with Crippen molar-refractivity contribution in [2.75, 3.05) is 11.9 Å². The van der Waals surface area contributed by atoms with E-state index in [1.54, 1.807) is 18.2 Å². The Bertz CT molecular complexity index is 577. The van der Waals surface area contributed by atoms with Crippen LogP contribution in [-0.4, -0.2) is 29.6 Å². The number of rotatable bonds is 4. The second-order valence-electron chi connectivity index (χ2n) is 6.04. The Hall–Kier alpha value is -1.59. The second-order valence-corrected chi connectivity index (χ2v) is 6.44. The molecule has 1 aromatic carbocycles. The Morgan fingerprint density at radius 3 is 2.70 bits per heavy atom. The third-order valence-corrected chi connectivity index (χ3v) is 4.57. The van der Waals surface area contributed by atoms with Crippen LogP contribution in [-0.2, 0) is 4.79 Å². The highest BCUT2D eigenvalue weighted by Crippen LogP contribution is 2.25. The minimum Gasteiger partial charge on any atom is -0.396 e. The third-order valence-electron chi connectivity index (χ3n) is 4.24. The van der Waals surface area contributed by atoms with Gasteiger partial charge in [-0.2, -0.15) is 0 Å². The first-order valence-corrected chi connectivity index (χ1v) is 8.38. The molecule has 2 unspecified atom stereocenters. The fourth-order valence-electron chi connectivity index (χ4n) is 3.02. The van der Waals surface area contributed by atoms with Crippen molar-refractivity contribution in [3.63, 3.8) is 0 Å². The van der Waals surface area contributed by atoms with E-state index < -0.39 is 0 Å². The highest BCUT2D eigenvalue weighted by atomic mass is 35.5. The number of carbonyl (C=O) groups is 2. The monoisotopic (exact) mass is 338 g/mol. The predicted octanol–water partition coefficient (Wildman–Crippen LogP) is 2.97. The van der Waals surface area contributed by atoms with Crippen LogP contribution in [0.2, 0.25) is 5.02 Å². The lowest BCUT2D eigenvalue weighted by Crippen LogP contribution is -2.41. The quantitative estimate of drug-likeness (QED) is 0.738. The van der Waals surface area contributed by atoms with Gasteiger partial charge in [0.15, 0.2) is 0 Å². The SMILES string of the molecule is CC(=O)Nc1ccc(Cl)c(C(=O)NC2CCCCCC2CO)c1. The zero-order valence-electron chi connectivity index (χ0n) is 13.3. The topological polar surface area (TPSA) is 78.4 Å². The number of carbonyl (C=O) groups excluding carboxylic acids is 2. The summed E-state index contributed by atoms with van der Waals surface area (Å²) in [6, 6.07) is 4.78. The summed E-state index contributed by atoms with van der Waals surface area (Å²) in [6.07, 6.45) is 5.03. The van der Waals surface area contributed by atoms with E-state index in [1.165, 1.54) is 6.92 Å². The van der Waals surface area contributed by atoms with Crippen molar-refractivity contribution in [3.8, 4) is 0 Å². The Labute approximate surface area is 141 Å². The summed E-state index contributed by atoms with van der Waals surface area (Å²) in [6.45, 7) is 1.48. The summed E-state index contributed by atoms with van der Waals surface area (Å²) in [4.78, 5) is 23.7. The fourth-order valence-corrected chi connectivity index (χ4v) is 3.22. The van der Waals surface area contributed by atoms with Crippen LogP contribution in [0, 0.1) is 5.92 Å². The van der Waals surface area contributed by atoms with Crippen LogP contribution in [0.1, 0.15) is 49.4 Å². The van der Waals surface area contributed by atoms with Crippen LogP contribution >= 0.6 is 11.6 Å². The minimum atomic E-state index is -0.271. The zero-order valence-corrected chi connectivity index (χ0v) is 14.0. The first kappa shape index (κ1) is 17.8.